The molecule has 0 bridgehead atoms. The summed E-state index contributed by atoms with van der Waals surface area (Å²) in [5.74, 6) is 0. The number of hydrogen-bond donors (Lipinski definition) is 0. The normalized spacial score (nSPS) is 12.6. The minimum atomic E-state index is 1.03. The summed E-state index contributed by atoms with van der Waals surface area (Å²) in [7, 11) is 0. The van der Waals surface area contributed by atoms with Gasteiger partial charge in [-0.3, -0.25) is 0 Å². The summed E-state index contributed by atoms with van der Waals surface area (Å²) >= 11 is 2.05. The molecule has 2 nitrogen and oxygen atoms in total. The molecular formula is C85H152N2Ni. The molecule has 0 atom stereocenters. The van der Waals surface area contributed by atoms with Gasteiger partial charge >= 0.3 is 166 Å². The molecule has 1 aliphatic rings. The SMILES string of the molecule is CCCCCCCCCCCCCCCCCCC[CH2][Ni][CH2]CCCCCCCCCCCCCCCCCCC.CCCCCCc1cc(CCCCCC)cc(C2=C(CCCC)C(CCCCC)=C(c3cc(CCCC)cc(CCCC)c3)[N+]2=[N-])c1. The van der Waals surface area contributed by atoms with Gasteiger partial charge in [0, 0.05) is 22.3 Å². The van der Waals surface area contributed by atoms with E-state index >= 15 is 0 Å². The Balaban J connectivity index is 0.000000607. The van der Waals surface area contributed by atoms with Gasteiger partial charge in [0.15, 0.2) is 0 Å². The summed E-state index contributed by atoms with van der Waals surface area (Å²) in [4.78, 5) is 0. The average Bonchev–Trinajstić information content (AvgIpc) is 1.65. The molecule has 1 heterocycles. The molecule has 0 spiro atoms. The Morgan fingerprint density at radius 3 is 0.693 bits per heavy atom. The van der Waals surface area contributed by atoms with E-state index in [1.165, 1.54) is 383 Å². The van der Waals surface area contributed by atoms with E-state index in [0.29, 0.717) is 0 Å². The van der Waals surface area contributed by atoms with Crippen molar-refractivity contribution in [2.24, 2.45) is 0 Å². The summed E-state index contributed by atoms with van der Waals surface area (Å²) in [6.45, 7) is 18.4. The number of unbranched alkanes of at least 4 members (excludes halogenated alkanes) is 45. The van der Waals surface area contributed by atoms with E-state index in [9.17, 15) is 5.53 Å². The molecule has 88 heavy (non-hydrogen) atoms. The Morgan fingerprint density at radius 1 is 0.227 bits per heavy atom. The monoisotopic (exact) mass is 1260 g/mol. The number of aryl methyl sites for hydroxylation is 4. The molecule has 1 aliphatic heterocycles. The van der Waals surface area contributed by atoms with Crippen LogP contribution >= 0.6 is 0 Å². The van der Waals surface area contributed by atoms with Crippen LogP contribution in [0.15, 0.2) is 47.5 Å². The minimum Gasteiger partial charge on any atom is -0.493 e. The predicted octanol–water partition coefficient (Wildman–Crippen LogP) is 30.5. The summed E-state index contributed by atoms with van der Waals surface area (Å²) < 4.78 is 1.66. The van der Waals surface area contributed by atoms with E-state index in [4.69, 9.17) is 0 Å². The molecule has 0 N–H and O–H groups in total. The number of benzene rings is 2. The third-order valence-electron chi connectivity index (χ3n) is 19.3. The van der Waals surface area contributed by atoms with Crippen molar-refractivity contribution in [3.63, 3.8) is 0 Å². The predicted molar refractivity (Wildman–Crippen MR) is 394 cm³/mol. The fourth-order valence-electron chi connectivity index (χ4n) is 13.5. The van der Waals surface area contributed by atoms with E-state index in [2.05, 4.69) is 91.8 Å². The van der Waals surface area contributed by atoms with E-state index in [1.807, 2.05) is 14.4 Å². The van der Waals surface area contributed by atoms with Crippen LogP contribution in [0.25, 0.3) is 16.9 Å². The van der Waals surface area contributed by atoms with Crippen LogP contribution in [-0.2, 0) is 40.1 Å². The second kappa shape index (κ2) is 61.2. The number of rotatable bonds is 63. The Kier molecular flexibility index (Phi) is 57.1. The van der Waals surface area contributed by atoms with Crippen molar-refractivity contribution in [3.05, 3.63) is 86.5 Å². The Hall–Kier alpha value is -1.99. The zero-order valence-electron chi connectivity index (χ0n) is 60.8. The third kappa shape index (κ3) is 42.3. The molecule has 0 saturated heterocycles. The number of nitrogens with zero attached hydrogens (tertiary/aromatic N) is 2. The van der Waals surface area contributed by atoms with Crippen molar-refractivity contribution >= 4 is 11.4 Å². The molecular weight excluding hydrogens is 1110 g/mol. The molecule has 0 aliphatic carbocycles. The molecule has 0 unspecified atom stereocenters. The van der Waals surface area contributed by atoms with E-state index in [1.54, 1.807) is 4.70 Å². The van der Waals surface area contributed by atoms with Gasteiger partial charge in [-0.25, -0.2) is 4.70 Å². The second-order valence-electron chi connectivity index (χ2n) is 27.9. The first-order valence-corrected chi connectivity index (χ1v) is 41.5. The van der Waals surface area contributed by atoms with Crippen LogP contribution < -0.4 is 0 Å². The van der Waals surface area contributed by atoms with Gasteiger partial charge in [-0.2, -0.15) is 0 Å². The van der Waals surface area contributed by atoms with Gasteiger partial charge in [0.1, 0.15) is 0 Å². The maximum atomic E-state index is 12.5. The van der Waals surface area contributed by atoms with Crippen molar-refractivity contribution < 1.29 is 19.1 Å². The van der Waals surface area contributed by atoms with Crippen LogP contribution in [0.3, 0.4) is 0 Å². The smallest absolute Gasteiger partial charge is 0.493 e. The third-order valence-corrected chi connectivity index (χ3v) is 20.6. The molecule has 2 aromatic rings. The fourth-order valence-corrected chi connectivity index (χ4v) is 14.8. The van der Waals surface area contributed by atoms with Crippen LogP contribution in [0.4, 0.5) is 0 Å². The molecule has 3 heteroatoms. The van der Waals surface area contributed by atoms with Gasteiger partial charge in [-0.15, -0.1) is 0 Å². The summed E-state index contributed by atoms with van der Waals surface area (Å²) in [6.07, 6.45) is 80.7. The van der Waals surface area contributed by atoms with Gasteiger partial charge < -0.3 is 5.53 Å². The maximum absolute atomic E-state index is 12.5. The fraction of sp³-hybridized carbons (Fsp3) is 0.812. The first-order valence-electron chi connectivity index (χ1n) is 40.1. The van der Waals surface area contributed by atoms with Crippen molar-refractivity contribution in [2.75, 3.05) is 0 Å². The molecule has 0 aromatic heterocycles. The standard InChI is InChI=1S/C45H70N2.2C20H41.Ni/c1-7-13-19-22-26-38-31-39(27-23-20-14-8-2)35-41(34-38)44-42(28-18-12-6)43(29-21-15-9-3)45(47(44)46)40-32-36(24-16-10-4)30-37(33-40)25-17-11-5;2*1-3-5-7-9-11-13-15-17-19-20-18-16-14-12-10-8-6-4-2;/h30-35H,7-29H2,1-6H3;2*1,3-20H2,2H3;. The van der Waals surface area contributed by atoms with Crippen LogP contribution in [0.5, 0.6) is 0 Å². The first-order chi connectivity index (χ1) is 43.4. The first kappa shape index (κ1) is 82.1. The van der Waals surface area contributed by atoms with Crippen LogP contribution in [0.2, 0.25) is 10.8 Å². The zero-order chi connectivity index (χ0) is 63.4. The van der Waals surface area contributed by atoms with Crippen LogP contribution in [0, 0.1) is 0 Å². The Labute approximate surface area is 558 Å². The number of allylic oxidation sites excluding steroid dienone is 2. The minimum absolute atomic E-state index is 1.03. The molecule has 0 fully saturated rings. The van der Waals surface area contributed by atoms with Gasteiger partial charge in [-0.05, 0) is 124 Å². The van der Waals surface area contributed by atoms with Crippen molar-refractivity contribution in [3.8, 4) is 0 Å². The van der Waals surface area contributed by atoms with Crippen LogP contribution in [0.1, 0.15) is 442 Å². The van der Waals surface area contributed by atoms with Gasteiger partial charge in [-0.1, -0.05) is 228 Å². The van der Waals surface area contributed by atoms with Gasteiger partial charge in [0.2, 0.25) is 11.4 Å². The molecule has 0 amide bonds. The molecule has 0 radical (unpaired) electrons. The number of hydrogen-bond acceptors (Lipinski definition) is 0. The van der Waals surface area contributed by atoms with Gasteiger partial charge in [0.05, 0.1) is 0 Å². The van der Waals surface area contributed by atoms with Crippen molar-refractivity contribution in [2.45, 2.75) is 445 Å². The second-order valence-corrected chi connectivity index (χ2v) is 29.4. The molecule has 3 rings (SSSR count). The van der Waals surface area contributed by atoms with E-state index in [0.717, 1.165) is 62.8 Å². The average molecular weight is 1260 g/mol. The quantitative estimate of drug-likeness (QED) is 0.0358. The van der Waals surface area contributed by atoms with Crippen LogP contribution in [-0.4, -0.2) is 4.70 Å². The molecule has 512 valence electrons. The van der Waals surface area contributed by atoms with Crippen molar-refractivity contribution in [1.29, 1.82) is 0 Å². The summed E-state index contributed by atoms with van der Waals surface area (Å²) in [6, 6.07) is 14.6. The summed E-state index contributed by atoms with van der Waals surface area (Å²) in [5, 5.41) is 2.87. The zero-order valence-corrected chi connectivity index (χ0v) is 61.8. The van der Waals surface area contributed by atoms with E-state index < -0.39 is 0 Å². The Bertz CT molecular complexity index is 1860. The molecule has 0 saturated carbocycles. The van der Waals surface area contributed by atoms with E-state index in [-0.39, 0.29) is 0 Å². The van der Waals surface area contributed by atoms with Gasteiger partial charge in [0.25, 0.3) is 0 Å². The topological polar surface area (TPSA) is 25.3 Å². The Morgan fingerprint density at radius 2 is 0.420 bits per heavy atom. The van der Waals surface area contributed by atoms with Crippen molar-refractivity contribution in [1.82, 2.24) is 0 Å². The molecule has 2 aromatic carbocycles. The summed E-state index contributed by atoms with van der Waals surface area (Å²) in [5.41, 5.74) is 25.6.